The van der Waals surface area contributed by atoms with Gasteiger partial charge < -0.3 is 25.0 Å². The van der Waals surface area contributed by atoms with Gasteiger partial charge in [0, 0.05) is 39.4 Å². The Kier molecular flexibility index (Phi) is 11.9. The van der Waals surface area contributed by atoms with Crippen LogP contribution in [0.5, 0.6) is 0 Å². The fraction of sp³-hybridized carbons (Fsp3) is 0.520. The topological polar surface area (TPSA) is 71.0 Å². The van der Waals surface area contributed by atoms with Crippen LogP contribution in [0.1, 0.15) is 31.9 Å². The summed E-state index contributed by atoms with van der Waals surface area (Å²) in [7, 11) is 1.79. The van der Waals surface area contributed by atoms with Crippen molar-refractivity contribution in [3.05, 3.63) is 59.8 Å². The van der Waals surface area contributed by atoms with E-state index in [2.05, 4.69) is 70.5 Å². The Morgan fingerprint density at radius 3 is 2.48 bits per heavy atom. The highest BCUT2D eigenvalue weighted by atomic mass is 127. The normalized spacial score (nSPS) is 19.5. The lowest BCUT2D eigenvalue weighted by Crippen LogP contribution is -2.45. The van der Waals surface area contributed by atoms with Crippen LogP contribution in [0, 0.1) is 5.92 Å². The Bertz CT molecular complexity index is 824. The van der Waals surface area contributed by atoms with Crippen LogP contribution in [0.2, 0.25) is 0 Å². The number of nitrogens with one attached hydrogen (secondary N) is 2. The quantitative estimate of drug-likeness (QED) is 0.273. The number of rotatable bonds is 9. The monoisotopic (exact) mass is 567 g/mol. The van der Waals surface area contributed by atoms with Gasteiger partial charge in [-0.15, -0.1) is 24.0 Å². The van der Waals surface area contributed by atoms with Gasteiger partial charge in [-0.2, -0.15) is 0 Å². The van der Waals surface area contributed by atoms with Crippen molar-refractivity contribution < 1.29 is 9.47 Å². The standard InChI is InChI=1S/C25H37N5O2.HI/c1-19(17-31-18-22-8-6-5-7-9-22)12-28-25(26-4)29-14-23-10-11-24(27-13-23)30-15-20(2)32-21(3)16-30;/h5-11,13,19-21H,12,14-18H2,1-4H3,(H2,26,28,29);1H. The molecule has 1 saturated heterocycles. The Morgan fingerprint density at radius 2 is 1.85 bits per heavy atom. The van der Waals surface area contributed by atoms with Crippen molar-refractivity contribution >= 4 is 35.8 Å². The van der Waals surface area contributed by atoms with Crippen LogP contribution in [0.15, 0.2) is 53.7 Å². The first kappa shape index (κ1) is 27.3. The molecule has 3 rings (SSSR count). The number of nitrogens with zero attached hydrogens (tertiary/aromatic N) is 3. The summed E-state index contributed by atoms with van der Waals surface area (Å²) in [6, 6.07) is 14.5. The summed E-state index contributed by atoms with van der Waals surface area (Å²) in [4.78, 5) is 11.3. The van der Waals surface area contributed by atoms with Gasteiger partial charge in [0.2, 0.25) is 0 Å². The summed E-state index contributed by atoms with van der Waals surface area (Å²) in [6.07, 6.45) is 2.38. The number of benzene rings is 1. The Morgan fingerprint density at radius 1 is 1.12 bits per heavy atom. The number of morpholine rings is 1. The van der Waals surface area contributed by atoms with Crippen LogP contribution >= 0.6 is 24.0 Å². The smallest absolute Gasteiger partial charge is 0.191 e. The number of hydrogen-bond acceptors (Lipinski definition) is 5. The van der Waals surface area contributed by atoms with Gasteiger partial charge in [0.05, 0.1) is 25.4 Å². The lowest BCUT2D eigenvalue weighted by molar-refractivity contribution is -0.00545. The molecular formula is C25H38IN5O2. The van der Waals surface area contributed by atoms with Gasteiger partial charge in [-0.25, -0.2) is 4.98 Å². The summed E-state index contributed by atoms with van der Waals surface area (Å²) in [5.74, 6) is 2.15. The minimum absolute atomic E-state index is 0. The Hall–Kier alpha value is -1.91. The molecule has 3 unspecified atom stereocenters. The first-order valence-corrected chi connectivity index (χ1v) is 11.4. The van der Waals surface area contributed by atoms with Crippen LogP contribution in [0.3, 0.4) is 0 Å². The molecule has 1 aliphatic heterocycles. The second-order valence-electron chi connectivity index (χ2n) is 8.60. The van der Waals surface area contributed by atoms with Crippen LogP contribution < -0.4 is 15.5 Å². The van der Waals surface area contributed by atoms with Crippen molar-refractivity contribution in [1.82, 2.24) is 15.6 Å². The van der Waals surface area contributed by atoms with Crippen LogP contribution in [-0.2, 0) is 22.6 Å². The van der Waals surface area contributed by atoms with E-state index in [0.717, 1.165) is 37.0 Å². The van der Waals surface area contributed by atoms with Gasteiger partial charge in [0.15, 0.2) is 5.96 Å². The first-order valence-electron chi connectivity index (χ1n) is 11.4. The van der Waals surface area contributed by atoms with Gasteiger partial charge in [-0.3, -0.25) is 4.99 Å². The number of aliphatic imine (C=N–C) groups is 1. The van der Waals surface area contributed by atoms with Crippen molar-refractivity contribution in [2.75, 3.05) is 38.2 Å². The largest absolute Gasteiger partial charge is 0.376 e. The van der Waals surface area contributed by atoms with E-state index >= 15 is 0 Å². The van der Waals surface area contributed by atoms with E-state index in [1.807, 2.05) is 24.4 Å². The predicted octanol–water partition coefficient (Wildman–Crippen LogP) is 3.83. The van der Waals surface area contributed by atoms with E-state index in [9.17, 15) is 0 Å². The van der Waals surface area contributed by atoms with Crippen molar-refractivity contribution in [3.8, 4) is 0 Å². The third-order valence-electron chi connectivity index (χ3n) is 5.37. The highest BCUT2D eigenvalue weighted by Crippen LogP contribution is 2.18. The minimum atomic E-state index is 0. The fourth-order valence-electron chi connectivity index (χ4n) is 3.76. The van der Waals surface area contributed by atoms with Crippen molar-refractivity contribution in [3.63, 3.8) is 0 Å². The molecule has 0 aliphatic carbocycles. The molecule has 1 aromatic heterocycles. The minimum Gasteiger partial charge on any atom is -0.376 e. The molecule has 7 nitrogen and oxygen atoms in total. The number of halogens is 1. The molecule has 0 amide bonds. The average molecular weight is 568 g/mol. The zero-order chi connectivity index (χ0) is 22.8. The van der Waals surface area contributed by atoms with Crippen molar-refractivity contribution in [2.24, 2.45) is 10.9 Å². The van der Waals surface area contributed by atoms with E-state index in [0.29, 0.717) is 25.7 Å². The zero-order valence-electron chi connectivity index (χ0n) is 20.2. The zero-order valence-corrected chi connectivity index (χ0v) is 22.5. The number of ether oxygens (including phenoxy) is 2. The maximum atomic E-state index is 5.83. The van der Waals surface area contributed by atoms with E-state index in [1.165, 1.54) is 5.56 Å². The maximum absolute atomic E-state index is 5.83. The summed E-state index contributed by atoms with van der Waals surface area (Å²) >= 11 is 0. The van der Waals surface area contributed by atoms with E-state index in [-0.39, 0.29) is 36.2 Å². The molecule has 33 heavy (non-hydrogen) atoms. The summed E-state index contributed by atoms with van der Waals surface area (Å²) in [5.41, 5.74) is 2.31. The second-order valence-corrected chi connectivity index (χ2v) is 8.60. The number of hydrogen-bond donors (Lipinski definition) is 2. The number of anilines is 1. The summed E-state index contributed by atoms with van der Waals surface area (Å²) < 4.78 is 11.6. The Balaban J connectivity index is 0.00000385. The highest BCUT2D eigenvalue weighted by Gasteiger charge is 2.22. The molecule has 8 heteroatoms. The lowest BCUT2D eigenvalue weighted by atomic mass is 10.2. The van der Waals surface area contributed by atoms with Gasteiger partial charge in [-0.1, -0.05) is 43.3 Å². The fourth-order valence-corrected chi connectivity index (χ4v) is 3.76. The first-order chi connectivity index (χ1) is 15.5. The van der Waals surface area contributed by atoms with Gasteiger partial charge in [0.25, 0.3) is 0 Å². The molecule has 3 atom stereocenters. The van der Waals surface area contributed by atoms with Crippen molar-refractivity contribution in [1.29, 1.82) is 0 Å². The predicted molar refractivity (Wildman–Crippen MR) is 145 cm³/mol. The average Bonchev–Trinajstić information content (AvgIpc) is 2.79. The molecule has 2 N–H and O–H groups in total. The lowest BCUT2D eigenvalue weighted by Gasteiger charge is -2.36. The molecule has 0 spiro atoms. The third kappa shape index (κ3) is 9.46. The summed E-state index contributed by atoms with van der Waals surface area (Å²) in [6.45, 7) is 10.9. The van der Waals surface area contributed by atoms with Gasteiger partial charge in [0.1, 0.15) is 5.82 Å². The van der Waals surface area contributed by atoms with Crippen molar-refractivity contribution in [2.45, 2.75) is 46.1 Å². The van der Waals surface area contributed by atoms with Gasteiger partial charge in [-0.05, 0) is 37.0 Å². The van der Waals surface area contributed by atoms with E-state index in [4.69, 9.17) is 9.47 Å². The molecule has 182 valence electrons. The maximum Gasteiger partial charge on any atom is 0.191 e. The highest BCUT2D eigenvalue weighted by molar-refractivity contribution is 14.0. The number of pyridine rings is 1. The third-order valence-corrected chi connectivity index (χ3v) is 5.37. The molecule has 0 saturated carbocycles. The van der Waals surface area contributed by atoms with Gasteiger partial charge >= 0.3 is 0 Å². The molecule has 1 aliphatic rings. The molecule has 2 aromatic rings. The molecular weight excluding hydrogens is 529 g/mol. The molecule has 2 heterocycles. The second kappa shape index (κ2) is 14.4. The molecule has 1 fully saturated rings. The van der Waals surface area contributed by atoms with Crippen LogP contribution in [-0.4, -0.2) is 56.4 Å². The molecule has 0 bridgehead atoms. The number of aromatic nitrogens is 1. The molecule has 1 aromatic carbocycles. The number of guanidine groups is 1. The Labute approximate surface area is 215 Å². The van der Waals surface area contributed by atoms with Crippen LogP contribution in [0.4, 0.5) is 5.82 Å². The van der Waals surface area contributed by atoms with E-state index < -0.39 is 0 Å². The van der Waals surface area contributed by atoms with E-state index in [1.54, 1.807) is 7.05 Å². The molecule has 0 radical (unpaired) electrons. The van der Waals surface area contributed by atoms with Crippen LogP contribution in [0.25, 0.3) is 0 Å². The SMILES string of the molecule is CN=C(NCc1ccc(N2CC(C)OC(C)C2)nc1)NCC(C)COCc1ccccc1.I. The summed E-state index contributed by atoms with van der Waals surface area (Å²) in [5, 5.41) is 6.74.